The molecule has 0 amide bonds. The first kappa shape index (κ1) is 28.4. The third-order valence-corrected chi connectivity index (χ3v) is 7.93. The summed E-state index contributed by atoms with van der Waals surface area (Å²) < 4.78 is 9.61. The molecule has 37 heavy (non-hydrogen) atoms. The van der Waals surface area contributed by atoms with E-state index in [1.807, 2.05) is 6.92 Å². The van der Waals surface area contributed by atoms with Crippen LogP contribution in [0.1, 0.15) is 49.8 Å². The van der Waals surface area contributed by atoms with Gasteiger partial charge in [-0.05, 0) is 97.7 Å². The Bertz CT molecular complexity index is 1390. The summed E-state index contributed by atoms with van der Waals surface area (Å²) in [6.45, 7) is 12.3. The normalized spacial score (nSPS) is 12.0. The maximum absolute atomic E-state index is 12.9. The summed E-state index contributed by atoms with van der Waals surface area (Å²) in [7, 11) is 1.37. The predicted octanol–water partition coefficient (Wildman–Crippen LogP) is 7.37. The van der Waals surface area contributed by atoms with Gasteiger partial charge in [0.05, 0.1) is 13.7 Å². The van der Waals surface area contributed by atoms with Gasteiger partial charge in [0, 0.05) is 22.9 Å². The lowest BCUT2D eigenvalue weighted by Crippen LogP contribution is -2.14. The largest absolute Gasteiger partial charge is 0.468 e. The molecule has 0 saturated carbocycles. The summed E-state index contributed by atoms with van der Waals surface area (Å²) >= 11 is 2.09. The molecule has 3 rings (SSSR count). The summed E-state index contributed by atoms with van der Waals surface area (Å²) in [5.41, 5.74) is 18.0. The van der Waals surface area contributed by atoms with Crippen LogP contribution in [-0.4, -0.2) is 25.7 Å². The van der Waals surface area contributed by atoms with Gasteiger partial charge < -0.3 is 15.2 Å². The van der Waals surface area contributed by atoms with Crippen LogP contribution in [0.2, 0.25) is 0 Å². The van der Waals surface area contributed by atoms with Crippen LogP contribution in [0.15, 0.2) is 42.5 Å². The fourth-order valence-corrected chi connectivity index (χ4v) is 5.39. The second kappa shape index (κ2) is 11.9. The zero-order valence-corrected chi connectivity index (χ0v) is 24.6. The predicted molar refractivity (Wildman–Crippen MR) is 160 cm³/mol. The first-order valence-corrected chi connectivity index (χ1v) is 13.4. The number of esters is 2. The van der Waals surface area contributed by atoms with Crippen molar-refractivity contribution in [2.45, 2.75) is 45.5 Å². The van der Waals surface area contributed by atoms with Crippen LogP contribution >= 0.6 is 22.6 Å². The lowest BCUT2D eigenvalue weighted by molar-refractivity contribution is -0.139. The third kappa shape index (κ3) is 5.90. The van der Waals surface area contributed by atoms with E-state index >= 15 is 0 Å². The summed E-state index contributed by atoms with van der Waals surface area (Å²) in [6, 6.07) is 12.5. The quantitative estimate of drug-likeness (QED) is 0.0993. The van der Waals surface area contributed by atoms with Gasteiger partial charge in [0.15, 0.2) is 0 Å². The van der Waals surface area contributed by atoms with Gasteiger partial charge in [-0.25, -0.2) is 4.79 Å². The van der Waals surface area contributed by atoms with Gasteiger partial charge >= 0.3 is 11.9 Å². The van der Waals surface area contributed by atoms with Crippen LogP contribution in [0, 0.1) is 34.6 Å². The molecule has 0 fully saturated rings. The van der Waals surface area contributed by atoms with Crippen LogP contribution in [0.4, 0.5) is 5.69 Å². The molecular formula is C31H34INO4. The van der Waals surface area contributed by atoms with Crippen molar-refractivity contribution in [2.75, 3.05) is 19.5 Å². The molecule has 0 radical (unpaired) electrons. The highest BCUT2D eigenvalue weighted by atomic mass is 127. The monoisotopic (exact) mass is 611 g/mol. The Labute approximate surface area is 233 Å². The molecule has 3 aromatic rings. The number of methoxy groups -OCH3 is 1. The second-order valence-corrected chi connectivity index (χ2v) is 10.4. The van der Waals surface area contributed by atoms with Gasteiger partial charge in [-0.15, -0.1) is 0 Å². The van der Waals surface area contributed by atoms with Crippen LogP contribution in [0.25, 0.3) is 28.3 Å². The fourth-order valence-electron chi connectivity index (χ4n) is 4.49. The molecule has 0 spiro atoms. The molecule has 3 aromatic carbocycles. The van der Waals surface area contributed by atoms with E-state index in [1.54, 1.807) is 13.0 Å². The molecule has 5 nitrogen and oxygen atoms in total. The van der Waals surface area contributed by atoms with Crippen molar-refractivity contribution in [3.05, 3.63) is 81.4 Å². The molecule has 0 aliphatic carbocycles. The standard InChI is InChI=1S/C31H34INO4/c1-8-37-25(34)14-13-24-28(29(32)31(35)36-7)26(22-11-9-17(2)19(4)15-22)21(6)27(30(24)33)23-12-10-18(3)20(5)16-23/h9-16,29H,8,33H2,1-7H3/b14-13+. The smallest absolute Gasteiger partial charge is 0.330 e. The van der Waals surface area contributed by atoms with Gasteiger partial charge in [0.1, 0.15) is 3.92 Å². The Morgan fingerprint density at radius 1 is 0.919 bits per heavy atom. The van der Waals surface area contributed by atoms with E-state index < -0.39 is 15.9 Å². The topological polar surface area (TPSA) is 78.6 Å². The van der Waals surface area contributed by atoms with Crippen molar-refractivity contribution in [2.24, 2.45) is 0 Å². The summed E-state index contributed by atoms with van der Waals surface area (Å²) in [4.78, 5) is 25.2. The van der Waals surface area contributed by atoms with Gasteiger partial charge in [0.25, 0.3) is 0 Å². The van der Waals surface area contributed by atoms with E-state index in [-0.39, 0.29) is 6.61 Å². The number of ether oxygens (including phenoxy) is 2. The zero-order valence-electron chi connectivity index (χ0n) is 22.5. The lowest BCUT2D eigenvalue weighted by Gasteiger charge is -2.25. The number of nitrogen functional groups attached to an aromatic ring is 1. The minimum atomic E-state index is -0.657. The van der Waals surface area contributed by atoms with Gasteiger partial charge in [-0.1, -0.05) is 59.0 Å². The fraction of sp³-hybridized carbons (Fsp3) is 0.290. The number of aryl methyl sites for hydroxylation is 4. The minimum absolute atomic E-state index is 0.262. The van der Waals surface area contributed by atoms with Gasteiger partial charge in [-0.3, -0.25) is 4.79 Å². The molecule has 194 valence electrons. The molecule has 0 heterocycles. The number of carbonyl (C=O) groups is 2. The number of halogens is 1. The number of benzene rings is 3. The van der Waals surface area contributed by atoms with Crippen molar-refractivity contribution in [3.8, 4) is 22.3 Å². The Morgan fingerprint density at radius 2 is 1.46 bits per heavy atom. The molecule has 0 bridgehead atoms. The Balaban J connectivity index is 2.52. The first-order chi connectivity index (χ1) is 17.5. The van der Waals surface area contributed by atoms with Crippen molar-refractivity contribution in [3.63, 3.8) is 0 Å². The Hall–Kier alpha value is -3.13. The summed E-state index contributed by atoms with van der Waals surface area (Å²) in [5, 5.41) is 0. The van der Waals surface area contributed by atoms with E-state index in [0.717, 1.165) is 38.9 Å². The molecule has 6 heteroatoms. The number of hydrogen-bond acceptors (Lipinski definition) is 5. The van der Waals surface area contributed by atoms with Gasteiger partial charge in [-0.2, -0.15) is 0 Å². The van der Waals surface area contributed by atoms with Crippen molar-refractivity contribution in [1.29, 1.82) is 0 Å². The van der Waals surface area contributed by atoms with Crippen molar-refractivity contribution >= 4 is 46.3 Å². The molecule has 0 aliphatic heterocycles. The van der Waals surface area contributed by atoms with Crippen molar-refractivity contribution < 1.29 is 19.1 Å². The van der Waals surface area contributed by atoms with Crippen LogP contribution in [0.5, 0.6) is 0 Å². The molecule has 0 aliphatic rings. The SMILES string of the molecule is CCOC(=O)/C=C/c1c(N)c(-c2ccc(C)c(C)c2)c(C)c(-c2ccc(C)c(C)c2)c1C(I)C(=O)OC. The molecule has 2 N–H and O–H groups in total. The highest BCUT2D eigenvalue weighted by Gasteiger charge is 2.29. The number of hydrogen-bond donors (Lipinski definition) is 1. The first-order valence-electron chi connectivity index (χ1n) is 12.2. The average molecular weight is 612 g/mol. The number of alkyl halides is 1. The van der Waals surface area contributed by atoms with E-state index in [0.29, 0.717) is 16.8 Å². The highest BCUT2D eigenvalue weighted by Crippen LogP contribution is 2.47. The third-order valence-electron chi connectivity index (χ3n) is 6.79. The summed E-state index contributed by atoms with van der Waals surface area (Å²) in [5.74, 6) is -0.869. The van der Waals surface area contributed by atoms with E-state index in [9.17, 15) is 9.59 Å². The number of carbonyl (C=O) groups excluding carboxylic acids is 2. The second-order valence-electron chi connectivity index (χ2n) is 9.19. The van der Waals surface area contributed by atoms with E-state index in [4.69, 9.17) is 15.2 Å². The van der Waals surface area contributed by atoms with Crippen LogP contribution in [-0.2, 0) is 19.1 Å². The highest BCUT2D eigenvalue weighted by molar-refractivity contribution is 14.1. The zero-order chi connectivity index (χ0) is 27.4. The Kier molecular flexibility index (Phi) is 9.18. The van der Waals surface area contributed by atoms with Crippen molar-refractivity contribution in [1.82, 2.24) is 0 Å². The number of nitrogens with two attached hydrogens (primary N) is 1. The van der Waals surface area contributed by atoms with Crippen LogP contribution in [0.3, 0.4) is 0 Å². The molecular weight excluding hydrogens is 577 g/mol. The molecule has 1 unspecified atom stereocenters. The maximum atomic E-state index is 12.9. The lowest BCUT2D eigenvalue weighted by atomic mass is 9.82. The summed E-state index contributed by atoms with van der Waals surface area (Å²) in [6.07, 6.45) is 3.02. The van der Waals surface area contributed by atoms with E-state index in [2.05, 4.69) is 86.7 Å². The molecule has 0 saturated heterocycles. The minimum Gasteiger partial charge on any atom is -0.468 e. The van der Waals surface area contributed by atoms with E-state index in [1.165, 1.54) is 24.3 Å². The molecule has 1 atom stereocenters. The molecule has 0 aromatic heterocycles. The Morgan fingerprint density at radius 3 is 1.95 bits per heavy atom. The average Bonchev–Trinajstić information content (AvgIpc) is 2.86. The number of anilines is 1. The van der Waals surface area contributed by atoms with Crippen LogP contribution < -0.4 is 5.73 Å². The number of rotatable bonds is 7. The maximum Gasteiger partial charge on any atom is 0.330 e. The van der Waals surface area contributed by atoms with Gasteiger partial charge in [0.2, 0.25) is 0 Å².